The number of carbonyl (C=O) groups is 1. The molecule has 1 unspecified atom stereocenters. The lowest BCUT2D eigenvalue weighted by Gasteiger charge is -2.08. The second kappa shape index (κ2) is 7.18. The molecule has 0 fully saturated rings. The van der Waals surface area contributed by atoms with Crippen molar-refractivity contribution in [3.05, 3.63) is 47.6 Å². The van der Waals surface area contributed by atoms with E-state index in [-0.39, 0.29) is 17.3 Å². The molecular formula is C15H10F6N6O2. The second-order valence-corrected chi connectivity index (χ2v) is 5.72. The predicted octanol–water partition coefficient (Wildman–Crippen LogP) is 3.38. The number of halogens is 6. The van der Waals surface area contributed by atoms with Crippen LogP contribution in [0.4, 0.5) is 26.3 Å². The summed E-state index contributed by atoms with van der Waals surface area (Å²) in [5.74, 6) is -2.62. The Hall–Kier alpha value is -3.45. The minimum Gasteiger partial charge on any atom is -0.339 e. The maximum absolute atomic E-state index is 12.7. The number of hydrogen-bond acceptors (Lipinski definition) is 6. The molecule has 3 aromatic rings. The van der Waals surface area contributed by atoms with Crippen LogP contribution in [0.1, 0.15) is 40.9 Å². The van der Waals surface area contributed by atoms with Gasteiger partial charge in [-0.05, 0) is 19.1 Å². The smallest absolute Gasteiger partial charge is 0.339 e. The molecule has 14 heteroatoms. The van der Waals surface area contributed by atoms with Gasteiger partial charge in [0.15, 0.2) is 0 Å². The molecule has 0 aliphatic rings. The molecule has 0 aromatic carbocycles. The van der Waals surface area contributed by atoms with Crippen molar-refractivity contribution >= 4 is 5.91 Å². The van der Waals surface area contributed by atoms with Crippen LogP contribution in [0.15, 0.2) is 29.0 Å². The summed E-state index contributed by atoms with van der Waals surface area (Å²) < 4.78 is 80.7. The number of nitrogens with one attached hydrogen (secondary N) is 2. The van der Waals surface area contributed by atoms with Crippen molar-refractivity contribution in [1.82, 2.24) is 30.4 Å². The molecule has 29 heavy (non-hydrogen) atoms. The SMILES string of the molecule is CC(NC(=O)c1cnc(C(F)(F)F)[nH]1)c1nc(-c2ccnc(C(F)(F)F)c2)no1. The molecule has 1 atom stereocenters. The third-order valence-corrected chi connectivity index (χ3v) is 3.56. The summed E-state index contributed by atoms with van der Waals surface area (Å²) in [6, 6.07) is 1.00. The Labute approximate surface area is 157 Å². The molecule has 2 N–H and O–H groups in total. The fourth-order valence-electron chi connectivity index (χ4n) is 2.17. The number of imidazole rings is 1. The summed E-state index contributed by atoms with van der Waals surface area (Å²) in [4.78, 5) is 24.0. The van der Waals surface area contributed by atoms with Gasteiger partial charge in [-0.2, -0.15) is 31.3 Å². The lowest BCUT2D eigenvalue weighted by Crippen LogP contribution is -2.27. The van der Waals surface area contributed by atoms with E-state index in [2.05, 4.69) is 25.4 Å². The normalized spacial score (nSPS) is 13.3. The largest absolute Gasteiger partial charge is 0.449 e. The quantitative estimate of drug-likeness (QED) is 0.627. The van der Waals surface area contributed by atoms with Gasteiger partial charge in [-0.25, -0.2) is 4.98 Å². The molecule has 3 rings (SSSR count). The van der Waals surface area contributed by atoms with E-state index >= 15 is 0 Å². The van der Waals surface area contributed by atoms with Crippen LogP contribution in [0, 0.1) is 0 Å². The van der Waals surface area contributed by atoms with Gasteiger partial charge in [0, 0.05) is 11.8 Å². The maximum atomic E-state index is 12.7. The summed E-state index contributed by atoms with van der Waals surface area (Å²) in [6.07, 6.45) is -7.77. The monoisotopic (exact) mass is 420 g/mol. The highest BCUT2D eigenvalue weighted by atomic mass is 19.4. The molecule has 0 saturated heterocycles. The molecular weight excluding hydrogens is 410 g/mol. The molecule has 3 heterocycles. The number of nitrogens with zero attached hydrogens (tertiary/aromatic N) is 4. The van der Waals surface area contributed by atoms with Crippen LogP contribution in [0.3, 0.4) is 0 Å². The van der Waals surface area contributed by atoms with Crippen molar-refractivity contribution in [3.8, 4) is 11.4 Å². The van der Waals surface area contributed by atoms with Crippen LogP contribution in [0.25, 0.3) is 11.4 Å². The first kappa shape index (κ1) is 20.3. The standard InChI is InChI=1S/C15H10F6N6O2/c1-6(24-11(28)8-5-23-13(25-8)15(19,20)21)12-26-10(27-29-12)7-2-3-22-9(4-7)14(16,17)18/h2-6H,1H3,(H,23,25)(H,24,28). The second-order valence-electron chi connectivity index (χ2n) is 5.72. The number of pyridine rings is 1. The Balaban J connectivity index is 1.73. The average Bonchev–Trinajstić information content (AvgIpc) is 3.30. The highest BCUT2D eigenvalue weighted by molar-refractivity contribution is 5.92. The summed E-state index contributed by atoms with van der Waals surface area (Å²) in [5.41, 5.74) is -1.63. The van der Waals surface area contributed by atoms with E-state index in [0.717, 1.165) is 12.3 Å². The number of rotatable bonds is 4. The lowest BCUT2D eigenvalue weighted by atomic mass is 10.2. The van der Waals surface area contributed by atoms with Gasteiger partial charge in [0.2, 0.25) is 17.5 Å². The van der Waals surface area contributed by atoms with E-state index in [1.165, 1.54) is 13.0 Å². The van der Waals surface area contributed by atoms with Gasteiger partial charge in [-0.15, -0.1) is 0 Å². The number of carbonyl (C=O) groups excluding carboxylic acids is 1. The zero-order valence-electron chi connectivity index (χ0n) is 14.3. The molecule has 3 aromatic heterocycles. The Morgan fingerprint density at radius 2 is 1.90 bits per heavy atom. The van der Waals surface area contributed by atoms with Crippen LogP contribution >= 0.6 is 0 Å². The van der Waals surface area contributed by atoms with Crippen molar-refractivity contribution in [3.63, 3.8) is 0 Å². The number of amides is 1. The number of alkyl halides is 6. The third-order valence-electron chi connectivity index (χ3n) is 3.56. The number of aromatic nitrogens is 5. The predicted molar refractivity (Wildman–Crippen MR) is 82.0 cm³/mol. The first-order valence-electron chi connectivity index (χ1n) is 7.75. The van der Waals surface area contributed by atoms with E-state index in [1.807, 2.05) is 4.98 Å². The summed E-state index contributed by atoms with van der Waals surface area (Å²) in [6.45, 7) is 1.39. The van der Waals surface area contributed by atoms with Gasteiger partial charge >= 0.3 is 12.4 Å². The Bertz CT molecular complexity index is 1020. The van der Waals surface area contributed by atoms with Crippen LogP contribution in [-0.2, 0) is 12.4 Å². The van der Waals surface area contributed by atoms with Crippen molar-refractivity contribution in [1.29, 1.82) is 0 Å². The van der Waals surface area contributed by atoms with E-state index in [0.29, 0.717) is 6.20 Å². The minimum atomic E-state index is -4.74. The fraction of sp³-hybridized carbons (Fsp3) is 0.267. The van der Waals surface area contributed by atoms with Crippen molar-refractivity contribution in [2.24, 2.45) is 0 Å². The molecule has 154 valence electrons. The molecule has 8 nitrogen and oxygen atoms in total. The summed E-state index contributed by atoms with van der Waals surface area (Å²) in [7, 11) is 0. The van der Waals surface area contributed by atoms with Gasteiger partial charge in [-0.1, -0.05) is 5.16 Å². The van der Waals surface area contributed by atoms with Gasteiger partial charge in [0.1, 0.15) is 17.4 Å². The first-order chi connectivity index (χ1) is 13.4. The maximum Gasteiger partial charge on any atom is 0.449 e. The Morgan fingerprint density at radius 3 is 2.52 bits per heavy atom. The summed E-state index contributed by atoms with van der Waals surface area (Å²) >= 11 is 0. The lowest BCUT2D eigenvalue weighted by molar-refractivity contribution is -0.144. The van der Waals surface area contributed by atoms with Gasteiger partial charge in [0.25, 0.3) is 5.91 Å². The van der Waals surface area contributed by atoms with Gasteiger partial charge in [-0.3, -0.25) is 9.78 Å². The third kappa shape index (κ3) is 4.52. The molecule has 0 aliphatic heterocycles. The molecule has 0 saturated carbocycles. The van der Waals surface area contributed by atoms with Crippen LogP contribution in [-0.4, -0.2) is 31.0 Å². The fourth-order valence-corrected chi connectivity index (χ4v) is 2.17. The van der Waals surface area contributed by atoms with Crippen LogP contribution in [0.2, 0.25) is 0 Å². The Kier molecular flexibility index (Phi) is 5.02. The Morgan fingerprint density at radius 1 is 1.17 bits per heavy atom. The summed E-state index contributed by atoms with van der Waals surface area (Å²) in [5, 5.41) is 5.86. The number of H-pyrrole nitrogens is 1. The number of aromatic amines is 1. The topological polar surface area (TPSA) is 110 Å². The van der Waals surface area contributed by atoms with Crippen molar-refractivity contribution in [2.45, 2.75) is 25.3 Å². The highest BCUT2D eigenvalue weighted by Crippen LogP contribution is 2.30. The van der Waals surface area contributed by atoms with E-state index < -0.39 is 41.5 Å². The molecule has 0 radical (unpaired) electrons. The molecule has 0 aliphatic carbocycles. The number of hydrogen-bond donors (Lipinski definition) is 2. The van der Waals surface area contributed by atoms with Gasteiger partial charge < -0.3 is 14.8 Å². The highest BCUT2D eigenvalue weighted by Gasteiger charge is 2.35. The van der Waals surface area contributed by atoms with Crippen LogP contribution < -0.4 is 5.32 Å². The van der Waals surface area contributed by atoms with Crippen molar-refractivity contribution < 1.29 is 35.7 Å². The minimum absolute atomic E-state index is 0.0239. The zero-order chi connectivity index (χ0) is 21.4. The van der Waals surface area contributed by atoms with Gasteiger partial charge in [0.05, 0.1) is 6.20 Å². The zero-order valence-corrected chi connectivity index (χ0v) is 14.3. The van der Waals surface area contributed by atoms with E-state index in [4.69, 9.17) is 4.52 Å². The molecule has 0 spiro atoms. The van der Waals surface area contributed by atoms with Crippen LogP contribution in [0.5, 0.6) is 0 Å². The molecule has 1 amide bonds. The average molecular weight is 420 g/mol. The van der Waals surface area contributed by atoms with E-state index in [1.54, 1.807) is 0 Å². The molecule has 0 bridgehead atoms. The van der Waals surface area contributed by atoms with Crippen molar-refractivity contribution in [2.75, 3.05) is 0 Å². The van der Waals surface area contributed by atoms with E-state index in [9.17, 15) is 31.1 Å². The first-order valence-corrected chi connectivity index (χ1v) is 7.75.